The number of likely N-dealkylation sites (tertiary alicyclic amines) is 1. The van der Waals surface area contributed by atoms with Gasteiger partial charge in [0.15, 0.2) is 0 Å². The zero-order valence-electron chi connectivity index (χ0n) is 42.4. The summed E-state index contributed by atoms with van der Waals surface area (Å²) in [5.41, 5.74) is 10.8. The average Bonchev–Trinajstić information content (AvgIpc) is 4.19. The summed E-state index contributed by atoms with van der Waals surface area (Å²) in [7, 11) is 0. The van der Waals surface area contributed by atoms with E-state index >= 15 is 0 Å². The van der Waals surface area contributed by atoms with Crippen LogP contribution in [0.2, 0.25) is 0 Å². The number of anilines is 3. The van der Waals surface area contributed by atoms with Crippen LogP contribution in [0.1, 0.15) is 156 Å². The first-order valence-corrected chi connectivity index (χ1v) is 28.9. The summed E-state index contributed by atoms with van der Waals surface area (Å²) < 4.78 is 15.2. The third-order valence-electron chi connectivity index (χ3n) is 11.8. The van der Waals surface area contributed by atoms with Crippen molar-refractivity contribution in [3.63, 3.8) is 0 Å². The summed E-state index contributed by atoms with van der Waals surface area (Å²) in [6, 6.07) is 0. The van der Waals surface area contributed by atoms with Crippen LogP contribution in [0.25, 0.3) is 0 Å². The Morgan fingerprint density at radius 3 is 1.32 bits per heavy atom. The number of nitrogens with one attached hydrogen (secondary N) is 3. The van der Waals surface area contributed by atoms with Crippen molar-refractivity contribution in [2.24, 2.45) is 0 Å². The Hall–Kier alpha value is -3.33. The number of carbonyl (C=O) groups is 6. The number of carbonyl (C=O) groups excluding carboxylic acids is 6. The fraction of sp³-hybridized carbons (Fsp3) is 0.647. The molecule has 72 heavy (non-hydrogen) atoms. The molecule has 406 valence electrons. The molecule has 15 nitrogen and oxygen atoms in total. The molecule has 8 rings (SSSR count). The van der Waals surface area contributed by atoms with Crippen LogP contribution in [0.3, 0.4) is 0 Å². The number of hydrogen-bond donors (Lipinski definition) is 4. The molecule has 2 aliphatic heterocycles. The predicted octanol–water partition coefficient (Wildman–Crippen LogP) is 10.4. The summed E-state index contributed by atoms with van der Waals surface area (Å²) in [5.74, 6) is -1.48. The second-order valence-electron chi connectivity index (χ2n) is 16.7. The molecule has 2 saturated heterocycles. The number of hydrogen-bond acceptors (Lipinski definition) is 16. The van der Waals surface area contributed by atoms with E-state index in [1.54, 1.807) is 20.8 Å². The van der Waals surface area contributed by atoms with Crippen molar-refractivity contribution in [2.75, 3.05) is 100 Å². The number of nitrogens with zero attached hydrogens (tertiary/aromatic N) is 2. The Balaban J connectivity index is 0.000000320. The number of thiophene rings is 3. The summed E-state index contributed by atoms with van der Waals surface area (Å²) in [6.45, 7) is 21.5. The summed E-state index contributed by atoms with van der Waals surface area (Å²) in [5, 5.41) is 10.2. The maximum absolute atomic E-state index is 12.2. The van der Waals surface area contributed by atoms with Gasteiger partial charge in [-0.3, -0.25) is 19.3 Å². The molecule has 0 saturated carbocycles. The highest BCUT2D eigenvalue weighted by Crippen LogP contribution is 2.41. The van der Waals surface area contributed by atoms with Gasteiger partial charge in [-0.05, 0) is 178 Å². The number of amides is 2. The van der Waals surface area contributed by atoms with Gasteiger partial charge in [0, 0.05) is 14.6 Å². The first kappa shape index (κ1) is 64.8. The number of esters is 3. The van der Waals surface area contributed by atoms with Crippen molar-refractivity contribution in [1.82, 2.24) is 15.1 Å². The SMILES string of the molecule is C.C1CCNC1.CCN(CC)CC.CCOC(=O)c1c(N)sc2c1CCC2.CCOC(=O)c1c(NC(=O)CCl)sc2c1CCC2.CCOC(=O)c1c(NC(=O)CN2CCCC2)sc2c1CCC2.O=C(Cl)CCl. The minimum Gasteiger partial charge on any atom is -0.462 e. The summed E-state index contributed by atoms with van der Waals surface area (Å²) in [4.78, 5) is 77.0. The quantitative estimate of drug-likeness (QED) is 0.0486. The molecule has 5 N–H and O–H groups in total. The van der Waals surface area contributed by atoms with E-state index in [-0.39, 0.29) is 48.9 Å². The minimum absolute atomic E-state index is 0. The maximum Gasteiger partial charge on any atom is 0.341 e. The van der Waals surface area contributed by atoms with Crippen LogP contribution in [0.5, 0.6) is 0 Å². The van der Waals surface area contributed by atoms with Crippen LogP contribution in [0, 0.1) is 0 Å². The van der Waals surface area contributed by atoms with Crippen LogP contribution < -0.4 is 21.7 Å². The molecule has 5 heterocycles. The number of aryl methyl sites for hydroxylation is 3. The molecule has 3 aromatic rings. The number of nitrogen functional groups attached to an aromatic ring is 1. The molecule has 0 radical (unpaired) electrons. The van der Waals surface area contributed by atoms with Crippen LogP contribution in [-0.4, -0.2) is 129 Å². The van der Waals surface area contributed by atoms with Gasteiger partial charge in [0.2, 0.25) is 17.1 Å². The minimum atomic E-state index is -0.508. The van der Waals surface area contributed by atoms with Gasteiger partial charge in [0.1, 0.15) is 20.9 Å². The third-order valence-corrected chi connectivity index (χ3v) is 16.1. The Bertz CT molecular complexity index is 2160. The number of halogens is 3. The predicted molar refractivity (Wildman–Crippen MR) is 299 cm³/mol. The molecule has 5 aliphatic rings. The number of alkyl halides is 2. The van der Waals surface area contributed by atoms with Gasteiger partial charge in [-0.25, -0.2) is 14.4 Å². The van der Waals surface area contributed by atoms with Crippen molar-refractivity contribution >= 4 is 119 Å². The molecule has 3 aliphatic carbocycles. The average molecular weight is 1120 g/mol. The second kappa shape index (κ2) is 35.8. The molecular weight excluding hydrogens is 1040 g/mol. The van der Waals surface area contributed by atoms with E-state index in [1.807, 2.05) is 0 Å². The van der Waals surface area contributed by atoms with Gasteiger partial charge in [-0.2, -0.15) is 0 Å². The molecule has 0 atom stereocenters. The van der Waals surface area contributed by atoms with E-state index in [2.05, 4.69) is 46.5 Å². The van der Waals surface area contributed by atoms with Crippen molar-refractivity contribution in [3.8, 4) is 0 Å². The lowest BCUT2D eigenvalue weighted by Crippen LogP contribution is -2.31. The fourth-order valence-corrected chi connectivity index (χ4v) is 12.2. The largest absolute Gasteiger partial charge is 0.462 e. The second-order valence-corrected chi connectivity index (χ2v) is 21.0. The van der Waals surface area contributed by atoms with Gasteiger partial charge >= 0.3 is 17.9 Å². The zero-order valence-corrected chi connectivity index (χ0v) is 47.1. The lowest BCUT2D eigenvalue weighted by molar-refractivity contribution is -0.117. The van der Waals surface area contributed by atoms with E-state index in [4.69, 9.17) is 54.7 Å². The van der Waals surface area contributed by atoms with Gasteiger partial charge in [-0.15, -0.1) is 57.2 Å². The van der Waals surface area contributed by atoms with Crippen molar-refractivity contribution in [2.45, 2.75) is 132 Å². The zero-order chi connectivity index (χ0) is 52.3. The molecule has 0 spiro atoms. The standard InChI is InChI=1S/C16H22N2O3S.C12H14ClNO3S.C10H13NO2S.C6H15N.C4H9N.C2H2Cl2O.CH4/c1-2-21-16(20)14-11-6-5-7-12(11)22-15(14)17-13(19)10-18-8-3-4-9-18;1-2-17-12(16)10-7-4-3-5-8(7)18-11(10)14-9(15)6-13;1-2-13-10(12)8-6-4-3-5-7(6)14-9(8)11;1-4-7(5-2)6-3;1-2-4-5-3-1;3-1-2(4)5;/h2-10H2,1H3,(H,17,19);2-6H2,1H3,(H,14,15);2-5,11H2,1H3;4-6H2,1-3H3;5H,1-4H2;1H2;1H4. The lowest BCUT2D eigenvalue weighted by Gasteiger charge is -2.14. The highest BCUT2D eigenvalue weighted by molar-refractivity contribution is 7.17. The van der Waals surface area contributed by atoms with E-state index < -0.39 is 5.24 Å². The molecule has 21 heteroatoms. The Morgan fingerprint density at radius 1 is 0.583 bits per heavy atom. The highest BCUT2D eigenvalue weighted by atomic mass is 35.5. The Kier molecular flexibility index (Phi) is 32.2. The normalized spacial score (nSPS) is 14.6. The van der Waals surface area contributed by atoms with E-state index in [0.717, 1.165) is 100 Å². The lowest BCUT2D eigenvalue weighted by atomic mass is 10.1. The topological polar surface area (TPSA) is 199 Å². The molecule has 0 bridgehead atoms. The molecular formula is C51H79Cl3N6O9S3. The third kappa shape index (κ3) is 20.8. The van der Waals surface area contributed by atoms with Gasteiger partial charge in [0.05, 0.1) is 48.9 Å². The van der Waals surface area contributed by atoms with Crippen LogP contribution in [0.4, 0.5) is 15.0 Å². The first-order chi connectivity index (χ1) is 34.2. The number of nitrogens with two attached hydrogens (primary N) is 1. The van der Waals surface area contributed by atoms with Crippen LogP contribution in [0.15, 0.2) is 0 Å². The van der Waals surface area contributed by atoms with Crippen molar-refractivity contribution in [3.05, 3.63) is 48.0 Å². The molecule has 3 aromatic heterocycles. The molecule has 2 fully saturated rings. The fourth-order valence-electron chi connectivity index (χ4n) is 8.44. The molecule has 0 unspecified atom stereocenters. The molecule has 0 aromatic carbocycles. The smallest absolute Gasteiger partial charge is 0.341 e. The van der Waals surface area contributed by atoms with Crippen molar-refractivity contribution in [1.29, 1.82) is 0 Å². The van der Waals surface area contributed by atoms with E-state index in [0.29, 0.717) is 58.1 Å². The van der Waals surface area contributed by atoms with E-state index in [1.165, 1.54) is 94.2 Å². The van der Waals surface area contributed by atoms with Gasteiger partial charge in [-0.1, -0.05) is 28.2 Å². The highest BCUT2D eigenvalue weighted by Gasteiger charge is 2.30. The molecule has 2 amide bonds. The number of fused-ring (bicyclic) bond motifs is 3. The van der Waals surface area contributed by atoms with Crippen LogP contribution >= 0.6 is 68.8 Å². The number of rotatable bonds is 15. The Morgan fingerprint density at radius 2 is 0.972 bits per heavy atom. The number of ether oxygens (including phenoxy) is 3. The van der Waals surface area contributed by atoms with Gasteiger partial charge < -0.3 is 40.8 Å². The van der Waals surface area contributed by atoms with Crippen LogP contribution in [-0.2, 0) is 67.1 Å². The van der Waals surface area contributed by atoms with E-state index in [9.17, 15) is 28.8 Å². The van der Waals surface area contributed by atoms with Gasteiger partial charge in [0.25, 0.3) is 0 Å². The first-order valence-electron chi connectivity index (χ1n) is 25.0. The Labute approximate surface area is 454 Å². The van der Waals surface area contributed by atoms with Crippen molar-refractivity contribution < 1.29 is 43.0 Å². The maximum atomic E-state index is 12.2. The monoisotopic (exact) mass is 1120 g/mol. The summed E-state index contributed by atoms with van der Waals surface area (Å²) >= 11 is 19.5. The summed E-state index contributed by atoms with van der Waals surface area (Å²) in [6.07, 6.45) is 14.1.